The van der Waals surface area contributed by atoms with Gasteiger partial charge in [-0.15, -0.1) is 0 Å². The van der Waals surface area contributed by atoms with Gasteiger partial charge in [-0.05, 0) is 44.5 Å². The lowest BCUT2D eigenvalue weighted by Gasteiger charge is -2.47. The molecule has 0 unspecified atom stereocenters. The van der Waals surface area contributed by atoms with E-state index in [1.54, 1.807) is 12.1 Å². The van der Waals surface area contributed by atoms with E-state index in [0.717, 1.165) is 52.0 Å². The van der Waals surface area contributed by atoms with Crippen LogP contribution < -0.4 is 16.0 Å². The number of aliphatic hydroxyl groups excluding tert-OH is 1. The Balaban J connectivity index is 1.36. The van der Waals surface area contributed by atoms with E-state index in [-0.39, 0.29) is 35.6 Å². The number of amides is 1. The maximum atomic E-state index is 14.2. The highest BCUT2D eigenvalue weighted by Gasteiger charge is 2.34. The summed E-state index contributed by atoms with van der Waals surface area (Å²) in [6.45, 7) is 6.81. The number of halogens is 3. The number of anilines is 2. The van der Waals surface area contributed by atoms with Gasteiger partial charge < -0.3 is 21.1 Å². The van der Waals surface area contributed by atoms with Gasteiger partial charge in [0.2, 0.25) is 0 Å². The molecule has 1 aromatic carbocycles. The smallest absolute Gasteiger partial charge is 0.273 e. The predicted molar refractivity (Wildman–Crippen MR) is 144 cm³/mol. The molecule has 202 valence electrons. The van der Waals surface area contributed by atoms with Gasteiger partial charge in [0.25, 0.3) is 5.91 Å². The number of likely N-dealkylation sites (tertiary alicyclic amines) is 1. The molecule has 2 saturated heterocycles. The molecule has 0 aliphatic carbocycles. The fourth-order valence-electron chi connectivity index (χ4n) is 5.25. The first-order chi connectivity index (χ1) is 17.8. The molecule has 0 saturated carbocycles. The van der Waals surface area contributed by atoms with Crippen LogP contribution in [0.3, 0.4) is 0 Å². The molecule has 4 N–H and O–H groups in total. The van der Waals surface area contributed by atoms with Crippen molar-refractivity contribution < 1.29 is 14.3 Å². The Morgan fingerprint density at radius 3 is 2.65 bits per heavy atom. The number of benzene rings is 1. The molecule has 2 fully saturated rings. The Morgan fingerprint density at radius 1 is 1.22 bits per heavy atom. The highest BCUT2D eigenvalue weighted by Crippen LogP contribution is 2.30. The molecule has 4 rings (SSSR count). The summed E-state index contributed by atoms with van der Waals surface area (Å²) in [4.78, 5) is 27.8. The molecule has 1 atom stereocenters. The third kappa shape index (κ3) is 6.61. The van der Waals surface area contributed by atoms with Crippen molar-refractivity contribution in [1.29, 1.82) is 0 Å². The van der Waals surface area contributed by atoms with Gasteiger partial charge in [-0.25, -0.2) is 14.4 Å². The number of hydrogen-bond acceptors (Lipinski definition) is 8. The van der Waals surface area contributed by atoms with E-state index in [4.69, 9.17) is 34.0 Å². The summed E-state index contributed by atoms with van der Waals surface area (Å²) in [5.74, 6) is -0.280. The number of carbonyl (C=O) groups is 1. The number of aliphatic hydroxyl groups is 1. The van der Waals surface area contributed by atoms with Crippen molar-refractivity contribution in [3.8, 4) is 0 Å². The second-order valence-corrected chi connectivity index (χ2v) is 10.3. The van der Waals surface area contributed by atoms with Crippen LogP contribution in [0.5, 0.6) is 0 Å². The Hall–Kier alpha value is -2.24. The average Bonchev–Trinajstić information content (AvgIpc) is 2.90. The molecular weight excluding hydrogens is 520 g/mol. The van der Waals surface area contributed by atoms with Crippen LogP contribution in [-0.2, 0) is 6.54 Å². The van der Waals surface area contributed by atoms with Crippen molar-refractivity contribution in [2.45, 2.75) is 44.8 Å². The van der Waals surface area contributed by atoms with E-state index >= 15 is 0 Å². The number of nitrogens with two attached hydrogens (primary N) is 1. The Kier molecular flexibility index (Phi) is 9.41. The van der Waals surface area contributed by atoms with Gasteiger partial charge in [0.05, 0.1) is 6.61 Å². The molecular formula is C25H34Cl2FN7O2. The Morgan fingerprint density at radius 2 is 1.97 bits per heavy atom. The minimum absolute atomic E-state index is 0.00909. The van der Waals surface area contributed by atoms with Crippen molar-refractivity contribution in [2.24, 2.45) is 0 Å². The first kappa shape index (κ1) is 27.8. The van der Waals surface area contributed by atoms with E-state index in [2.05, 4.69) is 36.9 Å². The first-order valence-corrected chi connectivity index (χ1v) is 13.4. The number of hydrogen-bond donors (Lipinski definition) is 3. The van der Waals surface area contributed by atoms with Crippen molar-refractivity contribution in [1.82, 2.24) is 25.1 Å². The number of carbonyl (C=O) groups excluding carboxylic acids is 1. The van der Waals surface area contributed by atoms with Crippen LogP contribution in [0.1, 0.15) is 42.2 Å². The fraction of sp³-hybridized carbons (Fsp3) is 0.560. The SMILES string of the molecule is CC[C@H]1CN(c2nc(N)c(C(=O)NCCO)nc2Cl)CCN1C1CCN(Cc2ccc(Cl)cc2F)CC1. The number of aromatic nitrogens is 2. The molecule has 2 aliphatic heterocycles. The van der Waals surface area contributed by atoms with Crippen LogP contribution in [0.15, 0.2) is 18.2 Å². The zero-order valence-electron chi connectivity index (χ0n) is 21.0. The lowest BCUT2D eigenvalue weighted by molar-refractivity contribution is 0.0607. The van der Waals surface area contributed by atoms with Gasteiger partial charge in [-0.1, -0.05) is 36.2 Å². The summed E-state index contributed by atoms with van der Waals surface area (Å²) in [5.41, 5.74) is 6.67. The summed E-state index contributed by atoms with van der Waals surface area (Å²) in [5, 5.41) is 12.0. The first-order valence-electron chi connectivity index (χ1n) is 12.7. The summed E-state index contributed by atoms with van der Waals surface area (Å²) < 4.78 is 14.2. The van der Waals surface area contributed by atoms with Crippen LogP contribution in [0.2, 0.25) is 10.2 Å². The molecule has 1 amide bonds. The van der Waals surface area contributed by atoms with Gasteiger partial charge in [-0.3, -0.25) is 14.6 Å². The highest BCUT2D eigenvalue weighted by molar-refractivity contribution is 6.32. The minimum atomic E-state index is -0.520. The second-order valence-electron chi connectivity index (χ2n) is 9.54. The monoisotopic (exact) mass is 553 g/mol. The second kappa shape index (κ2) is 12.5. The molecule has 0 spiro atoms. The van der Waals surface area contributed by atoms with Crippen LogP contribution >= 0.6 is 23.2 Å². The third-order valence-corrected chi connectivity index (χ3v) is 7.70. The quantitative estimate of drug-likeness (QED) is 0.457. The van der Waals surface area contributed by atoms with Gasteiger partial charge in [0.1, 0.15) is 5.82 Å². The topological polar surface area (TPSA) is 111 Å². The summed E-state index contributed by atoms with van der Waals surface area (Å²) >= 11 is 12.3. The minimum Gasteiger partial charge on any atom is -0.395 e. The molecule has 12 heteroatoms. The van der Waals surface area contributed by atoms with Crippen LogP contribution in [0, 0.1) is 5.82 Å². The van der Waals surface area contributed by atoms with Crippen molar-refractivity contribution in [3.05, 3.63) is 45.4 Å². The van der Waals surface area contributed by atoms with E-state index in [1.807, 2.05) is 0 Å². The molecule has 9 nitrogen and oxygen atoms in total. The van der Waals surface area contributed by atoms with Crippen molar-refractivity contribution >= 4 is 40.7 Å². The van der Waals surface area contributed by atoms with Gasteiger partial charge in [0, 0.05) is 55.4 Å². The number of nitrogens with one attached hydrogen (secondary N) is 1. The standard InChI is InChI=1S/C25H34Cl2FN7O2/c1-2-18-15-34(24-22(27)31-21(23(29)32-24)25(37)30-7-12-36)10-11-35(18)19-5-8-33(9-6-19)14-16-3-4-17(26)13-20(16)28/h3-4,13,18-19,36H,2,5-12,14-15H2,1H3,(H2,29,32)(H,30,37)/t18-/m0/s1. The van der Waals surface area contributed by atoms with E-state index < -0.39 is 5.91 Å². The zero-order chi connectivity index (χ0) is 26.5. The highest BCUT2D eigenvalue weighted by atomic mass is 35.5. The Bertz CT molecular complexity index is 1100. The van der Waals surface area contributed by atoms with Gasteiger partial charge >= 0.3 is 0 Å². The van der Waals surface area contributed by atoms with Gasteiger partial charge in [-0.2, -0.15) is 0 Å². The van der Waals surface area contributed by atoms with Gasteiger partial charge in [0.15, 0.2) is 22.5 Å². The number of piperidine rings is 1. The summed E-state index contributed by atoms with van der Waals surface area (Å²) in [6, 6.07) is 5.65. The predicted octanol–water partition coefficient (Wildman–Crippen LogP) is 2.79. The number of rotatable bonds is 8. The van der Waals surface area contributed by atoms with Crippen LogP contribution in [-0.4, -0.2) is 88.7 Å². The molecule has 2 aromatic rings. The number of nitrogens with zero attached hydrogens (tertiary/aromatic N) is 5. The van der Waals surface area contributed by atoms with E-state index in [0.29, 0.717) is 35.0 Å². The zero-order valence-corrected chi connectivity index (χ0v) is 22.5. The molecule has 0 radical (unpaired) electrons. The lowest BCUT2D eigenvalue weighted by Crippen LogP contribution is -2.58. The maximum absolute atomic E-state index is 14.2. The van der Waals surface area contributed by atoms with E-state index in [9.17, 15) is 9.18 Å². The van der Waals surface area contributed by atoms with Crippen molar-refractivity contribution in [3.63, 3.8) is 0 Å². The fourth-order valence-corrected chi connectivity index (χ4v) is 5.65. The normalized spacial score (nSPS) is 19.8. The molecule has 1 aromatic heterocycles. The molecule has 37 heavy (non-hydrogen) atoms. The largest absolute Gasteiger partial charge is 0.395 e. The van der Waals surface area contributed by atoms with Crippen molar-refractivity contribution in [2.75, 3.05) is 56.5 Å². The van der Waals surface area contributed by atoms with Crippen LogP contribution in [0.25, 0.3) is 0 Å². The molecule has 3 heterocycles. The number of piperazine rings is 1. The molecule has 2 aliphatic rings. The summed E-state index contributed by atoms with van der Waals surface area (Å²) in [6.07, 6.45) is 3.02. The van der Waals surface area contributed by atoms with Crippen LogP contribution in [0.4, 0.5) is 16.0 Å². The average molecular weight is 554 g/mol. The lowest BCUT2D eigenvalue weighted by atomic mass is 9.98. The third-order valence-electron chi connectivity index (χ3n) is 7.21. The summed E-state index contributed by atoms with van der Waals surface area (Å²) in [7, 11) is 0. The maximum Gasteiger partial charge on any atom is 0.273 e. The molecule has 0 bridgehead atoms. The van der Waals surface area contributed by atoms with E-state index in [1.165, 1.54) is 6.07 Å². The Labute approximate surface area is 226 Å². The number of nitrogen functional groups attached to an aromatic ring is 1.